The fourth-order valence-corrected chi connectivity index (χ4v) is 2.04. The van der Waals surface area contributed by atoms with E-state index in [2.05, 4.69) is 27.4 Å². The fraction of sp³-hybridized carbons (Fsp3) is 0.818. The normalized spacial score (nSPS) is 34.7. The maximum absolute atomic E-state index is 9.71. The highest BCUT2D eigenvalue weighted by Gasteiger charge is 2.35. The molecule has 12 heavy (non-hydrogen) atoms. The topological polar surface area (TPSA) is 20.2 Å². The van der Waals surface area contributed by atoms with Crippen LogP contribution in [-0.2, 0) is 0 Å². The van der Waals surface area contributed by atoms with E-state index in [0.717, 1.165) is 19.3 Å². The van der Waals surface area contributed by atoms with Crippen LogP contribution in [0.1, 0.15) is 40.0 Å². The minimum Gasteiger partial charge on any atom is -0.393 e. The maximum Gasteiger partial charge on any atom is 0.0591 e. The number of rotatable bonds is 1. The summed E-state index contributed by atoms with van der Waals surface area (Å²) >= 11 is 0. The zero-order valence-electron chi connectivity index (χ0n) is 8.43. The molecule has 0 radical (unpaired) electrons. The summed E-state index contributed by atoms with van der Waals surface area (Å²) in [5.41, 5.74) is 1.36. The highest BCUT2D eigenvalue weighted by atomic mass is 16.3. The molecular weight excluding hydrogens is 148 g/mol. The van der Waals surface area contributed by atoms with E-state index < -0.39 is 0 Å². The summed E-state index contributed by atoms with van der Waals surface area (Å²) in [5, 5.41) is 9.71. The number of hydrogen-bond donors (Lipinski definition) is 1. The quantitative estimate of drug-likeness (QED) is 0.597. The molecule has 0 saturated heterocycles. The molecule has 1 N–H and O–H groups in total. The van der Waals surface area contributed by atoms with Crippen molar-refractivity contribution in [3.05, 3.63) is 12.2 Å². The standard InChI is InChI=1S/C11H20O/c1-8(2)9-5-6-10(12)11(3,4)7-9/h9-10,12H,1,5-7H2,2-4H3. The van der Waals surface area contributed by atoms with Gasteiger partial charge in [-0.05, 0) is 37.5 Å². The van der Waals surface area contributed by atoms with Crippen LogP contribution in [0.5, 0.6) is 0 Å². The molecule has 1 heteroatoms. The largest absolute Gasteiger partial charge is 0.393 e. The zero-order valence-corrected chi connectivity index (χ0v) is 8.43. The number of aliphatic hydroxyl groups excluding tert-OH is 1. The van der Waals surface area contributed by atoms with Crippen molar-refractivity contribution in [3.63, 3.8) is 0 Å². The summed E-state index contributed by atoms with van der Waals surface area (Å²) in [6.07, 6.45) is 3.02. The molecule has 1 rings (SSSR count). The van der Waals surface area contributed by atoms with Crippen LogP contribution in [0.25, 0.3) is 0 Å². The van der Waals surface area contributed by atoms with Gasteiger partial charge in [-0.15, -0.1) is 0 Å². The molecule has 0 aromatic rings. The third-order valence-corrected chi connectivity index (χ3v) is 3.16. The van der Waals surface area contributed by atoms with Crippen LogP contribution in [0.4, 0.5) is 0 Å². The van der Waals surface area contributed by atoms with Gasteiger partial charge < -0.3 is 5.11 Å². The Morgan fingerprint density at radius 1 is 1.42 bits per heavy atom. The van der Waals surface area contributed by atoms with Crippen molar-refractivity contribution < 1.29 is 5.11 Å². The van der Waals surface area contributed by atoms with Crippen LogP contribution >= 0.6 is 0 Å². The Kier molecular flexibility index (Phi) is 2.62. The van der Waals surface area contributed by atoms with E-state index in [1.807, 2.05) is 0 Å². The molecule has 0 bridgehead atoms. The second-order valence-corrected chi connectivity index (χ2v) is 4.83. The second kappa shape index (κ2) is 3.21. The number of aliphatic hydroxyl groups is 1. The summed E-state index contributed by atoms with van der Waals surface area (Å²) < 4.78 is 0. The number of hydrogen-bond acceptors (Lipinski definition) is 1. The Labute approximate surface area is 75.5 Å². The van der Waals surface area contributed by atoms with E-state index in [4.69, 9.17) is 0 Å². The van der Waals surface area contributed by atoms with Crippen LogP contribution in [-0.4, -0.2) is 11.2 Å². The predicted molar refractivity (Wildman–Crippen MR) is 51.9 cm³/mol. The van der Waals surface area contributed by atoms with E-state index in [1.165, 1.54) is 5.57 Å². The molecular formula is C11H20O. The molecule has 1 fully saturated rings. The molecule has 0 aromatic carbocycles. The molecule has 1 saturated carbocycles. The van der Waals surface area contributed by atoms with Gasteiger partial charge in [-0.1, -0.05) is 26.0 Å². The highest BCUT2D eigenvalue weighted by Crippen LogP contribution is 2.41. The van der Waals surface area contributed by atoms with Crippen LogP contribution < -0.4 is 0 Å². The first-order valence-electron chi connectivity index (χ1n) is 4.77. The summed E-state index contributed by atoms with van der Waals surface area (Å²) in [7, 11) is 0. The molecule has 2 unspecified atom stereocenters. The van der Waals surface area contributed by atoms with Gasteiger partial charge in [-0.3, -0.25) is 0 Å². The number of allylic oxidation sites excluding steroid dienone is 1. The molecule has 1 aliphatic rings. The van der Waals surface area contributed by atoms with Crippen molar-refractivity contribution >= 4 is 0 Å². The molecule has 0 heterocycles. The fourth-order valence-electron chi connectivity index (χ4n) is 2.04. The summed E-state index contributed by atoms with van der Waals surface area (Å²) in [6.45, 7) is 10.4. The van der Waals surface area contributed by atoms with Crippen LogP contribution in [0, 0.1) is 11.3 Å². The third-order valence-electron chi connectivity index (χ3n) is 3.16. The minimum atomic E-state index is -0.118. The van der Waals surface area contributed by atoms with E-state index in [1.54, 1.807) is 0 Å². The van der Waals surface area contributed by atoms with Gasteiger partial charge in [0.15, 0.2) is 0 Å². The van der Waals surface area contributed by atoms with Crippen LogP contribution in [0.2, 0.25) is 0 Å². The lowest BCUT2D eigenvalue weighted by molar-refractivity contribution is -0.00102. The van der Waals surface area contributed by atoms with Crippen molar-refractivity contribution in [3.8, 4) is 0 Å². The first-order chi connectivity index (χ1) is 5.43. The van der Waals surface area contributed by atoms with Crippen molar-refractivity contribution in [2.45, 2.75) is 46.1 Å². The van der Waals surface area contributed by atoms with Crippen molar-refractivity contribution in [2.24, 2.45) is 11.3 Å². The van der Waals surface area contributed by atoms with Gasteiger partial charge in [0.25, 0.3) is 0 Å². The Morgan fingerprint density at radius 2 is 2.00 bits per heavy atom. The average Bonchev–Trinajstić information content (AvgIpc) is 1.94. The van der Waals surface area contributed by atoms with E-state index in [0.29, 0.717) is 5.92 Å². The molecule has 0 aromatic heterocycles. The molecule has 1 nitrogen and oxygen atoms in total. The lowest BCUT2D eigenvalue weighted by Crippen LogP contribution is -2.36. The van der Waals surface area contributed by atoms with Crippen molar-refractivity contribution in [2.75, 3.05) is 0 Å². The minimum absolute atomic E-state index is 0.0852. The van der Waals surface area contributed by atoms with E-state index in [9.17, 15) is 5.11 Å². The van der Waals surface area contributed by atoms with Gasteiger partial charge in [0.2, 0.25) is 0 Å². The van der Waals surface area contributed by atoms with Gasteiger partial charge in [0.05, 0.1) is 6.10 Å². The van der Waals surface area contributed by atoms with Crippen molar-refractivity contribution in [1.29, 1.82) is 0 Å². The molecule has 0 spiro atoms. The van der Waals surface area contributed by atoms with Crippen LogP contribution in [0.3, 0.4) is 0 Å². The Balaban J connectivity index is 2.63. The Morgan fingerprint density at radius 3 is 2.42 bits per heavy atom. The van der Waals surface area contributed by atoms with Crippen molar-refractivity contribution in [1.82, 2.24) is 0 Å². The van der Waals surface area contributed by atoms with Crippen LogP contribution in [0.15, 0.2) is 12.2 Å². The molecule has 0 aliphatic heterocycles. The first-order valence-corrected chi connectivity index (χ1v) is 4.77. The second-order valence-electron chi connectivity index (χ2n) is 4.83. The van der Waals surface area contributed by atoms with Gasteiger partial charge in [-0.2, -0.15) is 0 Å². The lowest BCUT2D eigenvalue weighted by Gasteiger charge is -2.39. The monoisotopic (exact) mass is 168 g/mol. The molecule has 0 amide bonds. The smallest absolute Gasteiger partial charge is 0.0591 e. The summed E-state index contributed by atoms with van der Waals surface area (Å²) in [5.74, 6) is 0.628. The Bertz CT molecular complexity index is 181. The Hall–Kier alpha value is -0.300. The lowest BCUT2D eigenvalue weighted by atomic mass is 9.68. The zero-order chi connectivity index (χ0) is 9.35. The highest BCUT2D eigenvalue weighted by molar-refractivity contribution is 5.01. The van der Waals surface area contributed by atoms with Gasteiger partial charge in [0.1, 0.15) is 0 Å². The van der Waals surface area contributed by atoms with E-state index in [-0.39, 0.29) is 11.5 Å². The van der Waals surface area contributed by atoms with Gasteiger partial charge in [0, 0.05) is 0 Å². The SMILES string of the molecule is C=C(C)C1CCC(O)C(C)(C)C1. The van der Waals surface area contributed by atoms with Gasteiger partial charge >= 0.3 is 0 Å². The van der Waals surface area contributed by atoms with Gasteiger partial charge in [-0.25, -0.2) is 0 Å². The first kappa shape index (κ1) is 9.79. The molecule has 2 atom stereocenters. The average molecular weight is 168 g/mol. The maximum atomic E-state index is 9.71. The third kappa shape index (κ3) is 1.89. The molecule has 70 valence electrons. The molecule has 1 aliphatic carbocycles. The predicted octanol–water partition coefficient (Wildman–Crippen LogP) is 2.75. The summed E-state index contributed by atoms with van der Waals surface area (Å²) in [4.78, 5) is 0. The van der Waals surface area contributed by atoms with E-state index >= 15 is 0 Å². The summed E-state index contributed by atoms with van der Waals surface area (Å²) in [6, 6.07) is 0.